The molecular formula is C19H20BrF3N2O9. The minimum atomic E-state index is -4.90. The lowest BCUT2D eigenvalue weighted by molar-refractivity contribution is -0.757. The number of carbonyl (C=O) groups is 2. The summed E-state index contributed by atoms with van der Waals surface area (Å²) in [5.74, 6) is -1.40. The number of likely N-dealkylation sites (N-methyl/N-ethyl adjacent to an activating group) is 1. The number of ether oxygens (including phenoxy) is 4. The van der Waals surface area contributed by atoms with Gasteiger partial charge in [0.25, 0.3) is 5.09 Å². The van der Waals surface area contributed by atoms with Gasteiger partial charge < -0.3 is 28.7 Å². The van der Waals surface area contributed by atoms with Gasteiger partial charge in [-0.1, -0.05) is 15.9 Å². The lowest BCUT2D eigenvalue weighted by atomic mass is 9.99. The van der Waals surface area contributed by atoms with E-state index < -0.39 is 41.9 Å². The molecule has 0 aromatic heterocycles. The van der Waals surface area contributed by atoms with E-state index >= 15 is 0 Å². The minimum absolute atomic E-state index is 0.0168. The van der Waals surface area contributed by atoms with Gasteiger partial charge in [0.2, 0.25) is 12.9 Å². The maximum Gasteiger partial charge on any atom is 0.511 e. The molecule has 0 N–H and O–H groups in total. The number of halogens is 4. The molecule has 1 aromatic rings. The van der Waals surface area contributed by atoms with Crippen LogP contribution in [0.4, 0.5) is 18.0 Å². The molecule has 0 radical (unpaired) electrons. The Kier molecular flexibility index (Phi) is 9.49. The van der Waals surface area contributed by atoms with Crippen molar-refractivity contribution < 1.29 is 51.6 Å². The van der Waals surface area contributed by atoms with Crippen LogP contribution in [0.5, 0.6) is 5.75 Å². The molecule has 1 aliphatic heterocycles. The van der Waals surface area contributed by atoms with Crippen LogP contribution in [0.25, 0.3) is 6.08 Å². The van der Waals surface area contributed by atoms with Crippen molar-refractivity contribution in [3.05, 3.63) is 43.4 Å². The van der Waals surface area contributed by atoms with Crippen molar-refractivity contribution in [1.29, 1.82) is 0 Å². The Balaban J connectivity index is 1.87. The maximum atomic E-state index is 13.5. The third-order valence-electron chi connectivity index (χ3n) is 4.36. The summed E-state index contributed by atoms with van der Waals surface area (Å²) in [6, 6.07) is 3.05. The van der Waals surface area contributed by atoms with E-state index in [4.69, 9.17) is 9.47 Å². The van der Waals surface area contributed by atoms with Gasteiger partial charge in [0.15, 0.2) is 0 Å². The van der Waals surface area contributed by atoms with Crippen LogP contribution in [0.1, 0.15) is 11.1 Å². The van der Waals surface area contributed by atoms with E-state index in [-0.39, 0.29) is 37.6 Å². The van der Waals surface area contributed by atoms with Crippen molar-refractivity contribution in [1.82, 2.24) is 4.90 Å². The maximum absolute atomic E-state index is 13.5. The van der Waals surface area contributed by atoms with Gasteiger partial charge in [-0.25, -0.2) is 9.59 Å². The number of nitrogens with zero attached hydrogens (tertiary/aromatic N) is 2. The molecule has 188 valence electrons. The lowest BCUT2D eigenvalue weighted by Crippen LogP contribution is -2.41. The fraction of sp³-hybridized carbons (Fsp3) is 0.474. The number of aryl methyl sites for hydroxylation is 1. The zero-order chi connectivity index (χ0) is 25.5. The summed E-state index contributed by atoms with van der Waals surface area (Å²) in [6.07, 6.45) is -7.69. The summed E-state index contributed by atoms with van der Waals surface area (Å²) in [7, 11) is 1.59. The van der Waals surface area contributed by atoms with Crippen molar-refractivity contribution in [2.24, 2.45) is 0 Å². The summed E-state index contributed by atoms with van der Waals surface area (Å²) in [6.45, 7) is 0.600. The first kappa shape index (κ1) is 27.2. The molecule has 0 aliphatic carbocycles. The van der Waals surface area contributed by atoms with E-state index in [1.54, 1.807) is 24.9 Å². The SMILES string of the molecule is Cc1cc(Br)cc2c1OC(C(F)(F)F)C(C(=O)OCOC(=O)OCCN(C)CCO[N+](=O)[O-])=C2. The normalized spacial score (nSPS) is 15.0. The van der Waals surface area contributed by atoms with Crippen LogP contribution < -0.4 is 4.74 Å². The molecule has 0 spiro atoms. The average Bonchev–Trinajstić information content (AvgIpc) is 2.71. The van der Waals surface area contributed by atoms with Crippen LogP contribution in [0.2, 0.25) is 0 Å². The third-order valence-corrected chi connectivity index (χ3v) is 4.82. The molecule has 0 fully saturated rings. The predicted octanol–water partition coefficient (Wildman–Crippen LogP) is 3.26. The number of rotatable bonds is 10. The number of benzene rings is 1. The van der Waals surface area contributed by atoms with Crippen LogP contribution in [0.15, 0.2) is 22.2 Å². The number of hydrogen-bond donors (Lipinski definition) is 0. The van der Waals surface area contributed by atoms with Crippen LogP contribution >= 0.6 is 15.9 Å². The zero-order valence-corrected chi connectivity index (χ0v) is 19.5. The highest BCUT2D eigenvalue weighted by molar-refractivity contribution is 9.10. The van der Waals surface area contributed by atoms with Gasteiger partial charge in [0.05, 0.1) is 5.57 Å². The first-order chi connectivity index (χ1) is 15.9. The highest BCUT2D eigenvalue weighted by Gasteiger charge is 2.49. The van der Waals surface area contributed by atoms with Crippen molar-refractivity contribution in [2.75, 3.05) is 40.1 Å². The van der Waals surface area contributed by atoms with Crippen molar-refractivity contribution in [3.8, 4) is 5.75 Å². The van der Waals surface area contributed by atoms with Crippen LogP contribution in [-0.4, -0.2) is 74.5 Å². The molecule has 34 heavy (non-hydrogen) atoms. The van der Waals surface area contributed by atoms with E-state index in [2.05, 4.69) is 30.2 Å². The summed E-state index contributed by atoms with van der Waals surface area (Å²) >= 11 is 3.23. The topological polar surface area (TPSA) is 127 Å². The van der Waals surface area contributed by atoms with Gasteiger partial charge in [-0.05, 0) is 37.7 Å². The summed E-state index contributed by atoms with van der Waals surface area (Å²) in [5.41, 5.74) is -0.134. The second-order valence-electron chi connectivity index (χ2n) is 6.93. The van der Waals surface area contributed by atoms with Crippen molar-refractivity contribution in [2.45, 2.75) is 19.2 Å². The molecule has 1 aliphatic rings. The highest BCUT2D eigenvalue weighted by atomic mass is 79.9. The monoisotopic (exact) mass is 556 g/mol. The number of esters is 1. The third kappa shape index (κ3) is 8.06. The molecule has 0 saturated carbocycles. The molecule has 0 amide bonds. The Hall–Kier alpha value is -3.07. The van der Waals surface area contributed by atoms with Gasteiger partial charge >= 0.3 is 18.3 Å². The standard InChI is InChI=1S/C19H20BrF3N2O9/c1-11-7-13(20)8-12-9-14(16(19(21,22)23)34-15(11)12)17(26)31-10-32-18(27)30-5-3-24(2)4-6-33-25(28)29/h7-9,16H,3-6,10H2,1-2H3. The highest BCUT2D eigenvalue weighted by Crippen LogP contribution is 2.40. The first-order valence-corrected chi connectivity index (χ1v) is 10.4. The smallest absolute Gasteiger partial charge is 0.475 e. The molecule has 1 atom stereocenters. The van der Waals surface area contributed by atoms with Crippen LogP contribution in [0, 0.1) is 17.0 Å². The number of carbonyl (C=O) groups excluding carboxylic acids is 2. The fourth-order valence-corrected chi connectivity index (χ4v) is 3.37. The lowest BCUT2D eigenvalue weighted by Gasteiger charge is -2.28. The van der Waals surface area contributed by atoms with E-state index in [9.17, 15) is 32.9 Å². The van der Waals surface area contributed by atoms with Gasteiger partial charge in [-0.15, -0.1) is 10.1 Å². The van der Waals surface area contributed by atoms with Crippen LogP contribution in [-0.2, 0) is 23.8 Å². The van der Waals surface area contributed by atoms with Crippen molar-refractivity contribution in [3.63, 3.8) is 0 Å². The molecule has 1 aromatic carbocycles. The first-order valence-electron chi connectivity index (χ1n) is 9.56. The van der Waals surface area contributed by atoms with Gasteiger partial charge in [0, 0.05) is 23.1 Å². The van der Waals surface area contributed by atoms with Gasteiger partial charge in [0.1, 0.15) is 19.0 Å². The number of hydrogen-bond acceptors (Lipinski definition) is 10. The van der Waals surface area contributed by atoms with E-state index in [1.807, 2.05) is 0 Å². The van der Waals surface area contributed by atoms with Crippen molar-refractivity contribution >= 4 is 34.1 Å². The van der Waals surface area contributed by atoms with E-state index in [1.165, 1.54) is 6.07 Å². The number of fused-ring (bicyclic) bond motifs is 1. The fourth-order valence-electron chi connectivity index (χ4n) is 2.78. The molecular weight excluding hydrogens is 537 g/mol. The average molecular weight is 557 g/mol. The molecule has 15 heteroatoms. The summed E-state index contributed by atoms with van der Waals surface area (Å²) < 4.78 is 60.0. The van der Waals surface area contributed by atoms with Gasteiger partial charge in [-0.2, -0.15) is 13.2 Å². The Labute approximate surface area is 199 Å². The molecule has 0 saturated heterocycles. The molecule has 0 bridgehead atoms. The Bertz CT molecular complexity index is 956. The molecule has 1 heterocycles. The Morgan fingerprint density at radius 2 is 1.88 bits per heavy atom. The van der Waals surface area contributed by atoms with Gasteiger partial charge in [-0.3, -0.25) is 0 Å². The summed E-state index contributed by atoms with van der Waals surface area (Å²) in [5, 5.41) is 9.12. The molecule has 2 rings (SSSR count). The van der Waals surface area contributed by atoms with Crippen LogP contribution in [0.3, 0.4) is 0 Å². The second-order valence-corrected chi connectivity index (χ2v) is 7.85. The second kappa shape index (κ2) is 11.9. The summed E-state index contributed by atoms with van der Waals surface area (Å²) in [4.78, 5) is 39.6. The van der Waals surface area contributed by atoms with E-state index in [0.717, 1.165) is 6.08 Å². The van der Waals surface area contributed by atoms with E-state index in [0.29, 0.717) is 10.0 Å². The number of alkyl halides is 3. The molecule has 11 nitrogen and oxygen atoms in total. The largest absolute Gasteiger partial charge is 0.511 e. The molecule has 1 unspecified atom stereocenters. The zero-order valence-electron chi connectivity index (χ0n) is 17.9. The Morgan fingerprint density at radius 1 is 1.21 bits per heavy atom. The Morgan fingerprint density at radius 3 is 2.53 bits per heavy atom. The quantitative estimate of drug-likeness (QED) is 0.183. The minimum Gasteiger partial charge on any atom is -0.475 e. The predicted molar refractivity (Wildman–Crippen MR) is 111 cm³/mol.